The molecule has 2 aromatic rings. The largest absolute Gasteiger partial charge is 0.369 e. The Bertz CT molecular complexity index is 581. The molecule has 5 nitrogen and oxygen atoms in total. The van der Waals surface area contributed by atoms with Crippen LogP contribution < -0.4 is 11.1 Å². The zero-order valence-corrected chi connectivity index (χ0v) is 10.9. The summed E-state index contributed by atoms with van der Waals surface area (Å²) in [7, 11) is 0. The van der Waals surface area contributed by atoms with Crippen LogP contribution in [0.4, 0.5) is 5.13 Å². The van der Waals surface area contributed by atoms with Crippen LogP contribution in [-0.2, 0) is 22.4 Å². The first kappa shape index (κ1) is 13.2. The van der Waals surface area contributed by atoms with Crippen molar-refractivity contribution in [3.8, 4) is 0 Å². The summed E-state index contributed by atoms with van der Waals surface area (Å²) < 4.78 is 0. The number of benzene rings is 1. The molecule has 6 heteroatoms. The van der Waals surface area contributed by atoms with Crippen molar-refractivity contribution < 1.29 is 9.59 Å². The second kappa shape index (κ2) is 6.10. The van der Waals surface area contributed by atoms with Gasteiger partial charge in [-0.25, -0.2) is 4.98 Å². The fourth-order valence-corrected chi connectivity index (χ4v) is 2.30. The van der Waals surface area contributed by atoms with Gasteiger partial charge in [-0.2, -0.15) is 0 Å². The summed E-state index contributed by atoms with van der Waals surface area (Å²) in [6.07, 6.45) is 0.386. The molecule has 19 heavy (non-hydrogen) atoms. The van der Waals surface area contributed by atoms with E-state index >= 15 is 0 Å². The van der Waals surface area contributed by atoms with Crippen LogP contribution in [0.15, 0.2) is 35.7 Å². The number of hydrogen-bond acceptors (Lipinski definition) is 4. The van der Waals surface area contributed by atoms with E-state index in [1.54, 1.807) is 5.38 Å². The van der Waals surface area contributed by atoms with Crippen LogP contribution in [0.1, 0.15) is 11.3 Å². The molecule has 0 saturated heterocycles. The molecule has 0 spiro atoms. The second-order valence-corrected chi connectivity index (χ2v) is 4.86. The van der Waals surface area contributed by atoms with E-state index in [1.165, 1.54) is 11.3 Å². The monoisotopic (exact) mass is 275 g/mol. The molecule has 0 aliphatic carbocycles. The zero-order valence-electron chi connectivity index (χ0n) is 10.1. The van der Waals surface area contributed by atoms with Crippen LogP contribution in [0.25, 0.3) is 0 Å². The zero-order chi connectivity index (χ0) is 13.7. The molecule has 0 atom stereocenters. The number of carbonyl (C=O) groups excluding carboxylic acids is 2. The highest BCUT2D eigenvalue weighted by molar-refractivity contribution is 7.13. The maximum atomic E-state index is 11.8. The van der Waals surface area contributed by atoms with E-state index in [1.807, 2.05) is 30.3 Å². The molecule has 1 aromatic heterocycles. The van der Waals surface area contributed by atoms with Crippen molar-refractivity contribution >= 4 is 28.3 Å². The number of aromatic nitrogens is 1. The van der Waals surface area contributed by atoms with Crippen molar-refractivity contribution in [2.24, 2.45) is 5.73 Å². The van der Waals surface area contributed by atoms with Crippen molar-refractivity contribution in [1.29, 1.82) is 0 Å². The molecule has 0 saturated carbocycles. The molecule has 1 aromatic carbocycles. The van der Waals surface area contributed by atoms with Gasteiger partial charge in [0, 0.05) is 5.38 Å². The van der Waals surface area contributed by atoms with Crippen LogP contribution in [0.3, 0.4) is 0 Å². The number of nitrogens with zero attached hydrogens (tertiary/aromatic N) is 1. The van der Waals surface area contributed by atoms with Crippen molar-refractivity contribution in [2.45, 2.75) is 12.8 Å². The van der Waals surface area contributed by atoms with Gasteiger partial charge < -0.3 is 11.1 Å². The summed E-state index contributed by atoms with van der Waals surface area (Å²) in [4.78, 5) is 26.6. The normalized spacial score (nSPS) is 10.1. The summed E-state index contributed by atoms with van der Waals surface area (Å²) in [5, 5.41) is 4.90. The maximum Gasteiger partial charge on any atom is 0.230 e. The van der Waals surface area contributed by atoms with Crippen molar-refractivity contribution in [2.75, 3.05) is 5.32 Å². The second-order valence-electron chi connectivity index (χ2n) is 4.00. The Morgan fingerprint density at radius 2 is 1.95 bits per heavy atom. The smallest absolute Gasteiger partial charge is 0.230 e. The lowest BCUT2D eigenvalue weighted by molar-refractivity contribution is -0.117. The summed E-state index contributed by atoms with van der Waals surface area (Å²) >= 11 is 1.28. The average molecular weight is 275 g/mol. The van der Waals surface area contributed by atoms with Gasteiger partial charge in [0.1, 0.15) is 0 Å². The van der Waals surface area contributed by atoms with Crippen LogP contribution in [0.2, 0.25) is 0 Å². The molecule has 2 amide bonds. The number of amides is 2. The highest BCUT2D eigenvalue weighted by atomic mass is 32.1. The Hall–Kier alpha value is -2.21. The van der Waals surface area contributed by atoms with Gasteiger partial charge in [-0.1, -0.05) is 30.3 Å². The molecule has 2 rings (SSSR count). The number of nitrogens with two attached hydrogens (primary N) is 1. The molecule has 0 unspecified atom stereocenters. The highest BCUT2D eigenvalue weighted by Crippen LogP contribution is 2.16. The van der Waals surface area contributed by atoms with Crippen LogP contribution in [-0.4, -0.2) is 16.8 Å². The van der Waals surface area contributed by atoms with Crippen LogP contribution in [0, 0.1) is 0 Å². The van der Waals surface area contributed by atoms with Crippen molar-refractivity contribution in [3.63, 3.8) is 0 Å². The van der Waals surface area contributed by atoms with E-state index in [2.05, 4.69) is 10.3 Å². The first-order chi connectivity index (χ1) is 9.13. The Morgan fingerprint density at radius 1 is 1.21 bits per heavy atom. The topological polar surface area (TPSA) is 85.1 Å². The Morgan fingerprint density at radius 3 is 2.63 bits per heavy atom. The van der Waals surface area contributed by atoms with E-state index in [0.717, 1.165) is 5.56 Å². The number of thiazole rings is 1. The first-order valence-electron chi connectivity index (χ1n) is 5.70. The molecule has 98 valence electrons. The van der Waals surface area contributed by atoms with Gasteiger partial charge in [0.05, 0.1) is 18.5 Å². The van der Waals surface area contributed by atoms with Crippen molar-refractivity contribution in [1.82, 2.24) is 4.98 Å². The minimum atomic E-state index is -0.438. The lowest BCUT2D eigenvalue weighted by atomic mass is 10.1. The van der Waals surface area contributed by atoms with Crippen molar-refractivity contribution in [3.05, 3.63) is 47.0 Å². The van der Waals surface area contributed by atoms with E-state index < -0.39 is 5.91 Å². The van der Waals surface area contributed by atoms with E-state index in [-0.39, 0.29) is 12.3 Å². The fourth-order valence-electron chi connectivity index (χ4n) is 1.57. The van der Waals surface area contributed by atoms with E-state index in [9.17, 15) is 9.59 Å². The number of primary amides is 1. The van der Waals surface area contributed by atoms with Crippen LogP contribution in [0.5, 0.6) is 0 Å². The SMILES string of the molecule is NC(=O)Cc1csc(NC(=O)Cc2ccccc2)n1. The Balaban J connectivity index is 1.92. The first-order valence-corrected chi connectivity index (χ1v) is 6.58. The van der Waals surface area contributed by atoms with Gasteiger partial charge in [0.25, 0.3) is 0 Å². The molecule has 3 N–H and O–H groups in total. The number of nitrogens with one attached hydrogen (secondary N) is 1. The summed E-state index contributed by atoms with van der Waals surface area (Å²) in [5.74, 6) is -0.571. The molecule has 0 fully saturated rings. The average Bonchev–Trinajstić information content (AvgIpc) is 2.76. The van der Waals surface area contributed by atoms with Gasteiger partial charge >= 0.3 is 0 Å². The lowest BCUT2D eigenvalue weighted by Crippen LogP contribution is -2.15. The Labute approximate surface area is 114 Å². The third-order valence-corrected chi connectivity index (χ3v) is 3.17. The minimum absolute atomic E-state index is 0.0883. The molecule has 0 radical (unpaired) electrons. The third-order valence-electron chi connectivity index (χ3n) is 2.36. The molecule has 0 aliphatic heterocycles. The number of rotatable bonds is 5. The lowest BCUT2D eigenvalue weighted by Gasteiger charge is -2.01. The molecule has 0 bridgehead atoms. The predicted molar refractivity (Wildman–Crippen MR) is 73.8 cm³/mol. The fraction of sp³-hybridized carbons (Fsp3) is 0.154. The molecular weight excluding hydrogens is 262 g/mol. The van der Waals surface area contributed by atoms with Crippen LogP contribution >= 0.6 is 11.3 Å². The maximum absolute atomic E-state index is 11.8. The number of anilines is 1. The standard InChI is InChI=1S/C13H13N3O2S/c14-11(17)7-10-8-19-13(15-10)16-12(18)6-9-4-2-1-3-5-9/h1-5,8H,6-7H2,(H2,14,17)(H,15,16,18). The molecule has 0 aliphatic rings. The highest BCUT2D eigenvalue weighted by Gasteiger charge is 2.08. The van der Waals surface area contributed by atoms with Gasteiger partial charge in [-0.05, 0) is 5.56 Å². The Kier molecular flexibility index (Phi) is 4.25. The van der Waals surface area contributed by atoms with E-state index in [4.69, 9.17) is 5.73 Å². The molecular formula is C13H13N3O2S. The van der Waals surface area contributed by atoms with Gasteiger partial charge in [-0.3, -0.25) is 9.59 Å². The summed E-state index contributed by atoms with van der Waals surface area (Å²) in [5.41, 5.74) is 6.59. The quantitative estimate of drug-likeness (QED) is 0.863. The number of hydrogen-bond donors (Lipinski definition) is 2. The van der Waals surface area contributed by atoms with E-state index in [0.29, 0.717) is 17.2 Å². The minimum Gasteiger partial charge on any atom is -0.369 e. The van der Waals surface area contributed by atoms with Gasteiger partial charge in [0.15, 0.2) is 5.13 Å². The van der Waals surface area contributed by atoms with Gasteiger partial charge in [-0.15, -0.1) is 11.3 Å². The third kappa shape index (κ3) is 4.18. The number of carbonyl (C=O) groups is 2. The summed E-state index contributed by atoms with van der Waals surface area (Å²) in [6, 6.07) is 9.45. The van der Waals surface area contributed by atoms with Gasteiger partial charge in [0.2, 0.25) is 11.8 Å². The summed E-state index contributed by atoms with van der Waals surface area (Å²) in [6.45, 7) is 0. The predicted octanol–water partition coefficient (Wildman–Crippen LogP) is 1.35. The molecule has 1 heterocycles.